The lowest BCUT2D eigenvalue weighted by atomic mass is 9.91. The summed E-state index contributed by atoms with van der Waals surface area (Å²) in [5, 5.41) is 4.68. The van der Waals surface area contributed by atoms with Crippen LogP contribution in [0.1, 0.15) is 65.7 Å². The van der Waals surface area contributed by atoms with Crippen molar-refractivity contribution in [2.24, 2.45) is 7.05 Å². The molecule has 1 aliphatic carbocycles. The van der Waals surface area contributed by atoms with Crippen LogP contribution in [0.4, 0.5) is 5.69 Å². The summed E-state index contributed by atoms with van der Waals surface area (Å²) >= 11 is 0. The highest BCUT2D eigenvalue weighted by atomic mass is 16.5. The first-order chi connectivity index (χ1) is 29.7. The molecular weight excluding hydrogens is 771 g/mol. The van der Waals surface area contributed by atoms with Crippen LogP contribution in [0.15, 0.2) is 85.5 Å². The third-order valence-electron chi connectivity index (χ3n) is 12.5. The van der Waals surface area contributed by atoms with E-state index in [1.165, 1.54) is 15.8 Å². The Labute approximate surface area is 353 Å². The Morgan fingerprint density at radius 1 is 0.836 bits per heavy atom. The van der Waals surface area contributed by atoms with Crippen LogP contribution >= 0.6 is 0 Å². The lowest BCUT2D eigenvalue weighted by Crippen LogP contribution is -2.52. The van der Waals surface area contributed by atoms with Gasteiger partial charge in [-0.05, 0) is 91.3 Å². The molecule has 4 aromatic heterocycles. The standard InChI is InChI=1S/C48H45N7O6/c1-29-25-50-33(4-3-19-59-35-7-9-38-32(20-35)28-55(48(38)58)42-10-11-45(56)52-47(42)57)22-43(29)54-17-14-34(15-18-54)60-36-23-37(24-36)61-46-12-6-31(26-51-46)30-5-8-39-40-27-49-16-13-41(40)53(2)44(39)21-30/h5-9,12-13,16,20-22,25-27,34,36-37,42H,10-11,14-15,17-19,23-24,28H2,1-2H3,(H,52,56,57)/t36-,37-,42?. The molecule has 3 fully saturated rings. The van der Waals surface area contributed by atoms with E-state index in [4.69, 9.17) is 14.2 Å². The molecule has 13 heteroatoms. The van der Waals surface area contributed by atoms with Gasteiger partial charge in [-0.1, -0.05) is 18.1 Å². The van der Waals surface area contributed by atoms with Crippen molar-refractivity contribution in [1.82, 2.24) is 29.7 Å². The highest BCUT2D eigenvalue weighted by Gasteiger charge is 2.39. The molecule has 0 spiro atoms. The maximum atomic E-state index is 13.0. The minimum Gasteiger partial charge on any atom is -0.481 e. The van der Waals surface area contributed by atoms with E-state index in [9.17, 15) is 14.4 Å². The number of anilines is 1. The third kappa shape index (κ3) is 7.64. The number of benzene rings is 2. The topological polar surface area (TPSA) is 141 Å². The quantitative estimate of drug-likeness (QED) is 0.131. The largest absolute Gasteiger partial charge is 0.481 e. The SMILES string of the molecule is Cc1cnc(C#CCOc2ccc3c(c2)CN(C2CCC(=O)NC2=O)C3=O)cc1N1CCC(O[C@H]2C[C@H](Oc3ccc(-c4ccc5c6cnccc6n(C)c5c4)cn3)C2)CC1. The van der Waals surface area contributed by atoms with Crippen LogP contribution in [0, 0.1) is 18.8 Å². The molecule has 0 bridgehead atoms. The number of hydrogen-bond donors (Lipinski definition) is 1. The lowest BCUT2D eigenvalue weighted by molar-refractivity contribution is -0.136. The van der Waals surface area contributed by atoms with Crippen LogP contribution < -0.4 is 19.7 Å². The van der Waals surface area contributed by atoms with Crippen molar-refractivity contribution in [2.45, 2.75) is 76.3 Å². The predicted molar refractivity (Wildman–Crippen MR) is 229 cm³/mol. The molecule has 6 aromatic rings. The Morgan fingerprint density at radius 3 is 2.51 bits per heavy atom. The number of rotatable bonds is 9. The second-order valence-electron chi connectivity index (χ2n) is 16.4. The summed E-state index contributed by atoms with van der Waals surface area (Å²) in [6, 6.07) is 19.3. The molecule has 308 valence electrons. The Kier molecular flexibility index (Phi) is 10.1. The first-order valence-electron chi connectivity index (χ1n) is 21.0. The van der Waals surface area contributed by atoms with Crippen molar-refractivity contribution < 1.29 is 28.6 Å². The van der Waals surface area contributed by atoms with Crippen LogP contribution in [-0.4, -0.2) is 86.2 Å². The van der Waals surface area contributed by atoms with Gasteiger partial charge in [-0.25, -0.2) is 9.97 Å². The molecule has 2 aromatic carbocycles. The molecule has 3 aliphatic heterocycles. The molecule has 2 saturated heterocycles. The highest BCUT2D eigenvalue weighted by molar-refractivity contribution is 6.08. The summed E-state index contributed by atoms with van der Waals surface area (Å²) in [6.07, 6.45) is 12.2. The average molecular weight is 816 g/mol. The number of hydrogen-bond acceptors (Lipinski definition) is 10. The summed E-state index contributed by atoms with van der Waals surface area (Å²) in [7, 11) is 2.09. The zero-order valence-corrected chi connectivity index (χ0v) is 34.1. The molecule has 3 amide bonds. The van der Waals surface area contributed by atoms with E-state index in [0.29, 0.717) is 29.3 Å². The smallest absolute Gasteiger partial charge is 0.255 e. The van der Waals surface area contributed by atoms with Gasteiger partial charge in [-0.3, -0.25) is 24.7 Å². The number of carbonyl (C=O) groups excluding carboxylic acids is 3. The van der Waals surface area contributed by atoms with Crippen molar-refractivity contribution in [3.63, 3.8) is 0 Å². The number of nitrogens with one attached hydrogen (secondary N) is 1. The number of fused-ring (bicyclic) bond motifs is 4. The van der Waals surface area contributed by atoms with E-state index in [0.717, 1.165) is 77.6 Å². The highest BCUT2D eigenvalue weighted by Crippen LogP contribution is 2.35. The van der Waals surface area contributed by atoms with Crippen molar-refractivity contribution in [3.8, 4) is 34.6 Å². The Balaban J connectivity index is 0.671. The lowest BCUT2D eigenvalue weighted by Gasteiger charge is -2.40. The Bertz CT molecular complexity index is 2760. The van der Waals surface area contributed by atoms with E-state index in [1.54, 1.807) is 12.1 Å². The second kappa shape index (κ2) is 16.0. The molecule has 4 aliphatic rings. The van der Waals surface area contributed by atoms with E-state index < -0.39 is 11.9 Å². The molecule has 7 heterocycles. The van der Waals surface area contributed by atoms with E-state index >= 15 is 0 Å². The van der Waals surface area contributed by atoms with Crippen molar-refractivity contribution in [1.29, 1.82) is 0 Å². The second-order valence-corrected chi connectivity index (χ2v) is 16.4. The van der Waals surface area contributed by atoms with Crippen LogP contribution in [0.3, 0.4) is 0 Å². The molecule has 13 nitrogen and oxygen atoms in total. The van der Waals surface area contributed by atoms with Crippen LogP contribution in [-0.2, 0) is 27.9 Å². The van der Waals surface area contributed by atoms with Gasteiger partial charge >= 0.3 is 0 Å². The molecule has 1 atom stereocenters. The van der Waals surface area contributed by atoms with Crippen molar-refractivity contribution >= 4 is 45.2 Å². The van der Waals surface area contributed by atoms with Gasteiger partial charge in [0, 0.05) is 110 Å². The minimum atomic E-state index is -0.653. The normalized spacial score (nSPS) is 20.3. The minimum absolute atomic E-state index is 0.102. The molecule has 0 radical (unpaired) electrons. The van der Waals surface area contributed by atoms with Crippen LogP contribution in [0.5, 0.6) is 11.6 Å². The zero-order chi connectivity index (χ0) is 41.6. The van der Waals surface area contributed by atoms with E-state index in [-0.39, 0.29) is 49.7 Å². The maximum Gasteiger partial charge on any atom is 0.255 e. The van der Waals surface area contributed by atoms with Crippen molar-refractivity contribution in [3.05, 3.63) is 108 Å². The summed E-state index contributed by atoms with van der Waals surface area (Å²) in [6.45, 7) is 4.29. The third-order valence-corrected chi connectivity index (χ3v) is 12.5. The van der Waals surface area contributed by atoms with Gasteiger partial charge in [0.1, 0.15) is 30.2 Å². The Hall–Kier alpha value is -6.78. The fourth-order valence-corrected chi connectivity index (χ4v) is 9.06. The fraction of sp³-hybridized carbons (Fsp3) is 0.333. The molecule has 1 N–H and O–H groups in total. The molecule has 61 heavy (non-hydrogen) atoms. The summed E-state index contributed by atoms with van der Waals surface area (Å²) in [4.78, 5) is 54.4. The van der Waals surface area contributed by atoms with Gasteiger partial charge in [-0.15, -0.1) is 0 Å². The monoisotopic (exact) mass is 815 g/mol. The van der Waals surface area contributed by atoms with E-state index in [1.807, 2.05) is 49.1 Å². The number of carbonyl (C=O) groups is 3. The molecular formula is C48H45N7O6. The number of aromatic nitrogens is 4. The summed E-state index contributed by atoms with van der Waals surface area (Å²) in [5.74, 6) is 6.50. The average Bonchev–Trinajstić information content (AvgIpc) is 3.74. The van der Waals surface area contributed by atoms with E-state index in [2.05, 4.69) is 79.8 Å². The Morgan fingerprint density at radius 2 is 1.69 bits per heavy atom. The van der Waals surface area contributed by atoms with Gasteiger partial charge in [0.15, 0.2) is 0 Å². The van der Waals surface area contributed by atoms with Gasteiger partial charge in [0.2, 0.25) is 17.7 Å². The number of pyridine rings is 3. The van der Waals surface area contributed by atoms with Gasteiger partial charge < -0.3 is 28.6 Å². The molecule has 10 rings (SSSR count). The molecule has 1 saturated carbocycles. The number of imide groups is 1. The van der Waals surface area contributed by atoms with Crippen LogP contribution in [0.2, 0.25) is 0 Å². The number of aryl methyl sites for hydroxylation is 2. The number of ether oxygens (including phenoxy) is 3. The zero-order valence-electron chi connectivity index (χ0n) is 34.1. The first-order valence-corrected chi connectivity index (χ1v) is 21.0. The first kappa shape index (κ1) is 38.4. The number of piperidine rings is 2. The summed E-state index contributed by atoms with van der Waals surface area (Å²) < 4.78 is 20.9. The summed E-state index contributed by atoms with van der Waals surface area (Å²) in [5.41, 5.74) is 8.72. The number of amides is 3. The van der Waals surface area contributed by atoms with Crippen LogP contribution in [0.25, 0.3) is 32.9 Å². The van der Waals surface area contributed by atoms with Gasteiger partial charge in [0.25, 0.3) is 5.91 Å². The molecule has 1 unspecified atom stereocenters. The van der Waals surface area contributed by atoms with Gasteiger partial charge in [0.05, 0.1) is 17.7 Å². The number of nitrogens with zero attached hydrogens (tertiary/aromatic N) is 6. The fourth-order valence-electron chi connectivity index (χ4n) is 9.06. The van der Waals surface area contributed by atoms with Crippen molar-refractivity contribution in [2.75, 3.05) is 24.6 Å². The van der Waals surface area contributed by atoms with Gasteiger partial charge in [-0.2, -0.15) is 0 Å². The predicted octanol–water partition coefficient (Wildman–Crippen LogP) is 6.28. The maximum absolute atomic E-state index is 13.0.